The van der Waals surface area contributed by atoms with E-state index in [0.29, 0.717) is 18.0 Å². The summed E-state index contributed by atoms with van der Waals surface area (Å²) in [5.41, 5.74) is 7.84. The minimum Gasteiger partial charge on any atom is -0.329 e. The maximum atomic E-state index is 6.12. The van der Waals surface area contributed by atoms with Crippen LogP contribution in [0, 0.1) is 5.41 Å². The van der Waals surface area contributed by atoms with Gasteiger partial charge < -0.3 is 5.73 Å². The van der Waals surface area contributed by atoms with Gasteiger partial charge in [0.05, 0.1) is 0 Å². The SMILES string of the molecule is CCC1(CC)CCN(C(CN)c2cccc(Cl)c2)CC1. The van der Waals surface area contributed by atoms with Gasteiger partial charge in [0.25, 0.3) is 0 Å². The van der Waals surface area contributed by atoms with Gasteiger partial charge in [-0.2, -0.15) is 0 Å². The molecule has 2 nitrogen and oxygen atoms in total. The molecule has 2 rings (SSSR count). The molecule has 1 aliphatic heterocycles. The molecule has 2 N–H and O–H groups in total. The van der Waals surface area contributed by atoms with Gasteiger partial charge in [0, 0.05) is 17.6 Å². The summed E-state index contributed by atoms with van der Waals surface area (Å²) in [4.78, 5) is 2.54. The van der Waals surface area contributed by atoms with E-state index in [4.69, 9.17) is 17.3 Å². The van der Waals surface area contributed by atoms with Gasteiger partial charge >= 0.3 is 0 Å². The Kier molecular flexibility index (Phi) is 5.48. The zero-order valence-corrected chi connectivity index (χ0v) is 13.5. The molecule has 0 saturated carbocycles. The molecule has 1 fully saturated rings. The molecule has 1 aromatic carbocycles. The molecule has 1 atom stereocenters. The Morgan fingerprint density at radius 3 is 2.40 bits per heavy atom. The second-order valence-electron chi connectivity index (χ2n) is 6.05. The van der Waals surface area contributed by atoms with Crippen LogP contribution in [0.4, 0.5) is 0 Å². The second-order valence-corrected chi connectivity index (χ2v) is 6.49. The highest BCUT2D eigenvalue weighted by Crippen LogP contribution is 2.40. The molecule has 1 unspecified atom stereocenters. The summed E-state index contributed by atoms with van der Waals surface area (Å²) >= 11 is 6.12. The molecule has 1 aromatic rings. The Hall–Kier alpha value is -0.570. The van der Waals surface area contributed by atoms with Crippen LogP contribution in [0.2, 0.25) is 5.02 Å². The Balaban J connectivity index is 2.07. The lowest BCUT2D eigenvalue weighted by molar-refractivity contribution is 0.0680. The normalized spacial score (nSPS) is 20.8. The van der Waals surface area contributed by atoms with Crippen molar-refractivity contribution in [2.45, 2.75) is 45.6 Å². The first-order chi connectivity index (χ1) is 9.64. The van der Waals surface area contributed by atoms with Crippen LogP contribution in [0.1, 0.15) is 51.1 Å². The van der Waals surface area contributed by atoms with E-state index in [9.17, 15) is 0 Å². The highest BCUT2D eigenvalue weighted by atomic mass is 35.5. The van der Waals surface area contributed by atoms with Crippen molar-refractivity contribution in [2.75, 3.05) is 19.6 Å². The van der Waals surface area contributed by atoms with E-state index in [1.807, 2.05) is 12.1 Å². The number of rotatable bonds is 5. The van der Waals surface area contributed by atoms with Crippen LogP contribution < -0.4 is 5.73 Å². The standard InChI is InChI=1S/C17H27ClN2/c1-3-17(4-2)8-10-20(11-9-17)16(13-19)14-6-5-7-15(18)12-14/h5-7,12,16H,3-4,8-11,13,19H2,1-2H3. The molecule has 0 amide bonds. The minimum atomic E-state index is 0.306. The fraction of sp³-hybridized carbons (Fsp3) is 0.647. The van der Waals surface area contributed by atoms with Crippen molar-refractivity contribution in [1.82, 2.24) is 4.90 Å². The first-order valence-corrected chi connectivity index (χ1v) is 8.21. The van der Waals surface area contributed by atoms with Crippen molar-refractivity contribution in [2.24, 2.45) is 11.1 Å². The number of halogens is 1. The first kappa shape index (κ1) is 15.8. The lowest BCUT2D eigenvalue weighted by atomic mass is 9.74. The third-order valence-corrected chi connectivity index (χ3v) is 5.49. The van der Waals surface area contributed by atoms with Crippen LogP contribution in [0.5, 0.6) is 0 Å². The summed E-state index contributed by atoms with van der Waals surface area (Å²) in [6, 6.07) is 8.45. The Labute approximate surface area is 128 Å². The monoisotopic (exact) mass is 294 g/mol. The molecule has 1 heterocycles. The minimum absolute atomic E-state index is 0.306. The number of nitrogens with two attached hydrogens (primary N) is 1. The molecule has 20 heavy (non-hydrogen) atoms. The van der Waals surface area contributed by atoms with Crippen LogP contribution >= 0.6 is 11.6 Å². The molecule has 1 saturated heterocycles. The second kappa shape index (κ2) is 6.93. The molecule has 0 spiro atoms. The van der Waals surface area contributed by atoms with Crippen LogP contribution in [-0.2, 0) is 0 Å². The number of hydrogen-bond donors (Lipinski definition) is 1. The Morgan fingerprint density at radius 2 is 1.90 bits per heavy atom. The molecule has 0 aliphatic carbocycles. The van der Waals surface area contributed by atoms with Crippen molar-refractivity contribution < 1.29 is 0 Å². The number of piperidine rings is 1. The van der Waals surface area contributed by atoms with Crippen molar-refractivity contribution in [1.29, 1.82) is 0 Å². The molecule has 112 valence electrons. The topological polar surface area (TPSA) is 29.3 Å². The summed E-state index contributed by atoms with van der Waals surface area (Å²) in [6.07, 6.45) is 5.16. The lowest BCUT2D eigenvalue weighted by Crippen LogP contribution is -2.43. The predicted molar refractivity (Wildman–Crippen MR) is 87.1 cm³/mol. The molecule has 0 aromatic heterocycles. The fourth-order valence-corrected chi connectivity index (χ4v) is 3.68. The third kappa shape index (κ3) is 3.36. The first-order valence-electron chi connectivity index (χ1n) is 7.83. The lowest BCUT2D eigenvalue weighted by Gasteiger charge is -2.44. The average molecular weight is 295 g/mol. The van der Waals surface area contributed by atoms with E-state index in [-0.39, 0.29) is 0 Å². The van der Waals surface area contributed by atoms with Gasteiger partial charge in [-0.3, -0.25) is 4.90 Å². The van der Waals surface area contributed by atoms with Crippen molar-refractivity contribution in [3.05, 3.63) is 34.9 Å². The predicted octanol–water partition coefficient (Wildman–Crippen LogP) is 4.24. The molecular formula is C17H27ClN2. The summed E-state index contributed by atoms with van der Waals surface area (Å²) in [7, 11) is 0. The fourth-order valence-electron chi connectivity index (χ4n) is 3.48. The summed E-state index contributed by atoms with van der Waals surface area (Å²) in [6.45, 7) is 7.62. The third-order valence-electron chi connectivity index (χ3n) is 5.26. The van der Waals surface area contributed by atoms with Crippen molar-refractivity contribution in [3.8, 4) is 0 Å². The molecular weight excluding hydrogens is 268 g/mol. The molecule has 0 bridgehead atoms. The number of nitrogens with zero attached hydrogens (tertiary/aromatic N) is 1. The number of hydrogen-bond acceptors (Lipinski definition) is 2. The van der Waals surface area contributed by atoms with E-state index < -0.39 is 0 Å². The largest absolute Gasteiger partial charge is 0.329 e. The molecule has 0 radical (unpaired) electrons. The summed E-state index contributed by atoms with van der Waals surface area (Å²) in [5.74, 6) is 0. The maximum absolute atomic E-state index is 6.12. The van der Waals surface area contributed by atoms with Gasteiger partial charge in [-0.25, -0.2) is 0 Å². The van der Waals surface area contributed by atoms with E-state index in [2.05, 4.69) is 30.9 Å². The van der Waals surface area contributed by atoms with E-state index in [0.717, 1.165) is 18.1 Å². The Bertz CT molecular complexity index is 419. The quantitative estimate of drug-likeness (QED) is 0.880. The summed E-state index contributed by atoms with van der Waals surface area (Å²) in [5, 5.41) is 0.800. The molecule has 3 heteroatoms. The summed E-state index contributed by atoms with van der Waals surface area (Å²) < 4.78 is 0. The average Bonchev–Trinajstić information content (AvgIpc) is 2.49. The van der Waals surface area contributed by atoms with E-state index in [1.165, 1.54) is 31.2 Å². The zero-order valence-electron chi connectivity index (χ0n) is 12.7. The number of likely N-dealkylation sites (tertiary alicyclic amines) is 1. The number of benzene rings is 1. The van der Waals surface area contributed by atoms with Gasteiger partial charge in [0.1, 0.15) is 0 Å². The van der Waals surface area contributed by atoms with E-state index in [1.54, 1.807) is 0 Å². The van der Waals surface area contributed by atoms with Crippen molar-refractivity contribution in [3.63, 3.8) is 0 Å². The van der Waals surface area contributed by atoms with Crippen LogP contribution in [0.3, 0.4) is 0 Å². The van der Waals surface area contributed by atoms with Gasteiger partial charge in [0.15, 0.2) is 0 Å². The smallest absolute Gasteiger partial charge is 0.0470 e. The van der Waals surface area contributed by atoms with Crippen LogP contribution in [-0.4, -0.2) is 24.5 Å². The van der Waals surface area contributed by atoms with Crippen LogP contribution in [0.15, 0.2) is 24.3 Å². The van der Waals surface area contributed by atoms with Gasteiger partial charge in [-0.15, -0.1) is 0 Å². The zero-order chi connectivity index (χ0) is 14.6. The van der Waals surface area contributed by atoms with Crippen LogP contribution in [0.25, 0.3) is 0 Å². The van der Waals surface area contributed by atoms with Crippen molar-refractivity contribution >= 4 is 11.6 Å². The highest BCUT2D eigenvalue weighted by Gasteiger charge is 2.33. The van der Waals surface area contributed by atoms with Gasteiger partial charge in [-0.1, -0.05) is 50.4 Å². The van der Waals surface area contributed by atoms with Gasteiger partial charge in [-0.05, 0) is 49.0 Å². The maximum Gasteiger partial charge on any atom is 0.0470 e. The molecule has 1 aliphatic rings. The van der Waals surface area contributed by atoms with Gasteiger partial charge in [0.2, 0.25) is 0 Å². The van der Waals surface area contributed by atoms with E-state index >= 15 is 0 Å². The highest BCUT2D eigenvalue weighted by molar-refractivity contribution is 6.30. The Morgan fingerprint density at radius 1 is 1.25 bits per heavy atom.